The van der Waals surface area contributed by atoms with E-state index < -0.39 is 0 Å². The second-order valence-electron chi connectivity index (χ2n) is 5.49. The lowest BCUT2D eigenvalue weighted by Crippen LogP contribution is -2.15. The maximum absolute atomic E-state index is 4.45. The van der Waals surface area contributed by atoms with E-state index in [0.29, 0.717) is 0 Å². The number of rotatable bonds is 6. The van der Waals surface area contributed by atoms with Gasteiger partial charge in [-0.15, -0.1) is 0 Å². The number of nitrogens with zero attached hydrogens (tertiary/aromatic N) is 2. The molecule has 98 valence electrons. The van der Waals surface area contributed by atoms with E-state index in [1.165, 1.54) is 49.8 Å². The van der Waals surface area contributed by atoms with Crippen molar-refractivity contribution in [3.63, 3.8) is 0 Å². The molecule has 0 aliphatic heterocycles. The van der Waals surface area contributed by atoms with Crippen LogP contribution < -0.4 is 5.32 Å². The largest absolute Gasteiger partial charge is 0.310 e. The molecule has 0 atom stereocenters. The van der Waals surface area contributed by atoms with Crippen LogP contribution in [0.5, 0.6) is 0 Å². The van der Waals surface area contributed by atoms with Crippen LogP contribution in [0.1, 0.15) is 44.1 Å². The van der Waals surface area contributed by atoms with Gasteiger partial charge in [-0.05, 0) is 31.6 Å². The summed E-state index contributed by atoms with van der Waals surface area (Å²) in [6.45, 7) is 0.915. The smallest absolute Gasteiger partial charge is 0.187 e. The highest BCUT2D eigenvalue weighted by molar-refractivity contribution is 7.99. The first-order valence-electron chi connectivity index (χ1n) is 7.07. The Labute approximate surface area is 113 Å². The summed E-state index contributed by atoms with van der Waals surface area (Å²) >= 11 is 1.82. The first-order valence-corrected chi connectivity index (χ1v) is 8.06. The van der Waals surface area contributed by atoms with E-state index in [-0.39, 0.29) is 0 Å². The summed E-state index contributed by atoms with van der Waals surface area (Å²) in [4.78, 5) is 8.90. The molecule has 0 saturated heterocycles. The highest BCUT2D eigenvalue weighted by atomic mass is 32.2. The molecule has 1 aromatic heterocycles. The van der Waals surface area contributed by atoms with E-state index in [0.717, 1.165) is 23.7 Å². The van der Waals surface area contributed by atoms with Crippen LogP contribution in [0.25, 0.3) is 0 Å². The lowest BCUT2D eigenvalue weighted by atomic mass is 10.1. The second kappa shape index (κ2) is 6.02. The molecule has 0 unspecified atom stereocenters. The van der Waals surface area contributed by atoms with Crippen molar-refractivity contribution in [2.45, 2.75) is 56.3 Å². The third-order valence-electron chi connectivity index (χ3n) is 3.78. The Kier molecular flexibility index (Phi) is 4.16. The highest BCUT2D eigenvalue weighted by Gasteiger charge is 2.20. The van der Waals surface area contributed by atoms with Gasteiger partial charge in [0.1, 0.15) is 0 Å². The quantitative estimate of drug-likeness (QED) is 0.632. The zero-order valence-electron chi connectivity index (χ0n) is 10.8. The minimum atomic E-state index is 0.751. The second-order valence-corrected chi connectivity index (χ2v) is 6.48. The van der Waals surface area contributed by atoms with Gasteiger partial charge in [0.05, 0.1) is 0 Å². The van der Waals surface area contributed by atoms with Gasteiger partial charge in [-0.2, -0.15) is 0 Å². The van der Waals surface area contributed by atoms with Gasteiger partial charge in [-0.1, -0.05) is 24.6 Å². The molecule has 3 rings (SSSR count). The number of hydrogen-bond donors (Lipinski definition) is 1. The normalized spacial score (nSPS) is 20.4. The monoisotopic (exact) mass is 263 g/mol. The number of hydrogen-bond acceptors (Lipinski definition) is 4. The number of nitrogens with one attached hydrogen (secondary N) is 1. The van der Waals surface area contributed by atoms with Gasteiger partial charge >= 0.3 is 0 Å². The van der Waals surface area contributed by atoms with Gasteiger partial charge in [-0.3, -0.25) is 0 Å². The summed E-state index contributed by atoms with van der Waals surface area (Å²) in [6, 6.07) is 0.751. The van der Waals surface area contributed by atoms with Gasteiger partial charge in [0, 0.05) is 36.3 Å². The van der Waals surface area contributed by atoms with Crippen LogP contribution in [-0.4, -0.2) is 21.8 Å². The van der Waals surface area contributed by atoms with Crippen molar-refractivity contribution in [3.05, 3.63) is 18.0 Å². The molecule has 18 heavy (non-hydrogen) atoms. The average Bonchev–Trinajstić information content (AvgIpc) is 3.09. The minimum Gasteiger partial charge on any atom is -0.310 e. The summed E-state index contributed by atoms with van der Waals surface area (Å²) in [5, 5.41) is 4.42. The van der Waals surface area contributed by atoms with Crippen molar-refractivity contribution in [2.75, 3.05) is 5.75 Å². The van der Waals surface area contributed by atoms with Crippen LogP contribution in [0.15, 0.2) is 17.6 Å². The first-order chi connectivity index (χ1) is 8.90. The molecule has 0 aromatic carbocycles. The SMILES string of the molecule is c1nc(SCC2CCCC2)ncc1CNC1CC1. The molecule has 3 nitrogen and oxygen atoms in total. The Morgan fingerprint density at radius 2 is 1.83 bits per heavy atom. The average molecular weight is 263 g/mol. The van der Waals surface area contributed by atoms with Crippen LogP contribution in [-0.2, 0) is 6.54 Å². The Morgan fingerprint density at radius 1 is 1.11 bits per heavy atom. The fraction of sp³-hybridized carbons (Fsp3) is 0.714. The topological polar surface area (TPSA) is 37.8 Å². The van der Waals surface area contributed by atoms with Gasteiger partial charge in [0.2, 0.25) is 0 Å². The maximum atomic E-state index is 4.45. The van der Waals surface area contributed by atoms with Crippen molar-refractivity contribution in [1.82, 2.24) is 15.3 Å². The van der Waals surface area contributed by atoms with Crippen molar-refractivity contribution < 1.29 is 0 Å². The van der Waals surface area contributed by atoms with E-state index in [9.17, 15) is 0 Å². The molecule has 2 aliphatic rings. The molecule has 1 N–H and O–H groups in total. The van der Waals surface area contributed by atoms with Crippen LogP contribution in [0.3, 0.4) is 0 Å². The summed E-state index contributed by atoms with van der Waals surface area (Å²) in [5.41, 5.74) is 1.20. The summed E-state index contributed by atoms with van der Waals surface area (Å²) in [6.07, 6.45) is 12.2. The standard InChI is InChI=1S/C14H21N3S/c1-2-4-11(3-1)10-18-14-16-8-12(9-17-14)7-15-13-5-6-13/h8-9,11,13,15H,1-7,10H2. The Balaban J connectivity index is 1.44. The van der Waals surface area contributed by atoms with E-state index in [1.54, 1.807) is 0 Å². The third kappa shape index (κ3) is 3.69. The lowest BCUT2D eigenvalue weighted by molar-refractivity contribution is 0.622. The van der Waals surface area contributed by atoms with Crippen molar-refractivity contribution >= 4 is 11.8 Å². The van der Waals surface area contributed by atoms with Crippen molar-refractivity contribution in [2.24, 2.45) is 5.92 Å². The van der Waals surface area contributed by atoms with Crippen LogP contribution in [0.4, 0.5) is 0 Å². The summed E-state index contributed by atoms with van der Waals surface area (Å²) in [5.74, 6) is 2.09. The summed E-state index contributed by atoms with van der Waals surface area (Å²) in [7, 11) is 0. The maximum Gasteiger partial charge on any atom is 0.187 e. The molecule has 0 bridgehead atoms. The van der Waals surface area contributed by atoms with Gasteiger partial charge in [0.25, 0.3) is 0 Å². The molecule has 0 amide bonds. The van der Waals surface area contributed by atoms with Crippen molar-refractivity contribution in [3.8, 4) is 0 Å². The van der Waals surface area contributed by atoms with E-state index in [4.69, 9.17) is 0 Å². The predicted molar refractivity (Wildman–Crippen MR) is 74.6 cm³/mol. The first kappa shape index (κ1) is 12.4. The Bertz CT molecular complexity index is 369. The molecule has 1 heterocycles. The third-order valence-corrected chi connectivity index (χ3v) is 4.88. The molecule has 2 saturated carbocycles. The van der Waals surface area contributed by atoms with Crippen LogP contribution >= 0.6 is 11.8 Å². The number of thioether (sulfide) groups is 1. The van der Waals surface area contributed by atoms with Crippen LogP contribution in [0, 0.1) is 5.92 Å². The predicted octanol–water partition coefficient (Wildman–Crippen LogP) is 3.01. The molecular formula is C14H21N3S. The highest BCUT2D eigenvalue weighted by Crippen LogP contribution is 2.29. The molecular weight excluding hydrogens is 242 g/mol. The number of aromatic nitrogens is 2. The Hall–Kier alpha value is -0.610. The van der Waals surface area contributed by atoms with Gasteiger partial charge < -0.3 is 5.32 Å². The molecule has 0 spiro atoms. The zero-order chi connectivity index (χ0) is 12.2. The summed E-state index contributed by atoms with van der Waals surface area (Å²) < 4.78 is 0. The molecule has 0 radical (unpaired) electrons. The van der Waals surface area contributed by atoms with E-state index in [2.05, 4.69) is 15.3 Å². The van der Waals surface area contributed by atoms with Gasteiger partial charge in [0.15, 0.2) is 5.16 Å². The molecule has 2 fully saturated rings. The fourth-order valence-corrected chi connectivity index (χ4v) is 3.40. The fourth-order valence-electron chi connectivity index (χ4n) is 2.43. The molecule has 2 aliphatic carbocycles. The zero-order valence-corrected chi connectivity index (χ0v) is 11.6. The lowest BCUT2D eigenvalue weighted by Gasteiger charge is -2.07. The van der Waals surface area contributed by atoms with Crippen molar-refractivity contribution in [1.29, 1.82) is 0 Å². The molecule has 1 aromatic rings. The molecule has 4 heteroatoms. The minimum absolute atomic E-state index is 0.751. The van der Waals surface area contributed by atoms with E-state index >= 15 is 0 Å². The van der Waals surface area contributed by atoms with Gasteiger partial charge in [-0.25, -0.2) is 9.97 Å². The van der Waals surface area contributed by atoms with Crippen LogP contribution in [0.2, 0.25) is 0 Å². The van der Waals surface area contributed by atoms with E-state index in [1.807, 2.05) is 24.2 Å². The Morgan fingerprint density at radius 3 is 2.50 bits per heavy atom.